The number of ether oxygens (including phenoxy) is 1. The van der Waals surface area contributed by atoms with Crippen LogP contribution in [-0.2, 0) is 4.74 Å². The molecule has 2 heteroatoms. The molecule has 1 N–H and O–H groups in total. The van der Waals surface area contributed by atoms with Crippen LogP contribution in [0.4, 0.5) is 0 Å². The molecule has 0 spiro atoms. The molecule has 1 aliphatic rings. The summed E-state index contributed by atoms with van der Waals surface area (Å²) in [7, 11) is 0. The molecule has 1 rings (SSSR count). The van der Waals surface area contributed by atoms with Crippen LogP contribution < -0.4 is 5.32 Å². The Morgan fingerprint density at radius 1 is 1.06 bits per heavy atom. The highest BCUT2D eigenvalue weighted by molar-refractivity contribution is 4.76. The molecule has 0 aromatic carbocycles. The van der Waals surface area contributed by atoms with E-state index in [4.69, 9.17) is 4.74 Å². The molecule has 0 aromatic heterocycles. The smallest absolute Gasteiger partial charge is 0.0591 e. The van der Waals surface area contributed by atoms with Gasteiger partial charge in [-0.3, -0.25) is 0 Å². The van der Waals surface area contributed by atoms with Crippen LogP contribution in [0.1, 0.15) is 59.8 Å². The number of hydrogen-bond acceptors (Lipinski definition) is 2. The van der Waals surface area contributed by atoms with E-state index in [1.807, 2.05) is 0 Å². The number of rotatable bonds is 7. The van der Waals surface area contributed by atoms with Crippen molar-refractivity contribution in [3.05, 3.63) is 0 Å². The summed E-state index contributed by atoms with van der Waals surface area (Å²) >= 11 is 0. The molecule has 18 heavy (non-hydrogen) atoms. The minimum Gasteiger partial charge on any atom is -0.380 e. The molecule has 0 bridgehead atoms. The summed E-state index contributed by atoms with van der Waals surface area (Å²) in [6, 6.07) is 0.733. The second kappa shape index (κ2) is 8.92. The SMILES string of the molecule is CC(C)COCCNC1CCCC(C(C)C)CC1. The highest BCUT2D eigenvalue weighted by atomic mass is 16.5. The van der Waals surface area contributed by atoms with Crippen molar-refractivity contribution in [1.82, 2.24) is 5.32 Å². The molecular formula is C16H33NO. The van der Waals surface area contributed by atoms with Crippen LogP contribution in [0.3, 0.4) is 0 Å². The van der Waals surface area contributed by atoms with Crippen molar-refractivity contribution in [2.45, 2.75) is 65.8 Å². The summed E-state index contributed by atoms with van der Waals surface area (Å²) in [5.74, 6) is 2.46. The zero-order valence-corrected chi connectivity index (χ0v) is 12.9. The van der Waals surface area contributed by atoms with Gasteiger partial charge in [0.15, 0.2) is 0 Å². The maximum Gasteiger partial charge on any atom is 0.0591 e. The van der Waals surface area contributed by atoms with E-state index < -0.39 is 0 Å². The van der Waals surface area contributed by atoms with Gasteiger partial charge in [0.2, 0.25) is 0 Å². The van der Waals surface area contributed by atoms with Gasteiger partial charge in [-0.25, -0.2) is 0 Å². The highest BCUT2D eigenvalue weighted by Crippen LogP contribution is 2.28. The van der Waals surface area contributed by atoms with Crippen LogP contribution in [0.5, 0.6) is 0 Å². The van der Waals surface area contributed by atoms with Crippen molar-refractivity contribution in [3.63, 3.8) is 0 Å². The Balaban J connectivity index is 2.08. The van der Waals surface area contributed by atoms with Gasteiger partial charge in [-0.1, -0.05) is 40.5 Å². The van der Waals surface area contributed by atoms with Crippen molar-refractivity contribution in [3.8, 4) is 0 Å². The standard InChI is InChI=1S/C16H33NO/c1-13(2)12-18-11-10-17-16-7-5-6-15(8-9-16)14(3)4/h13-17H,5-12H2,1-4H3. The monoisotopic (exact) mass is 255 g/mol. The maximum absolute atomic E-state index is 5.61. The zero-order valence-electron chi connectivity index (χ0n) is 12.9. The van der Waals surface area contributed by atoms with Crippen LogP contribution in [0.15, 0.2) is 0 Å². The predicted octanol–water partition coefficient (Wildman–Crippen LogP) is 3.85. The molecule has 2 unspecified atom stereocenters. The third-order valence-corrected chi connectivity index (χ3v) is 4.09. The lowest BCUT2D eigenvalue weighted by Gasteiger charge is -2.19. The molecule has 2 atom stereocenters. The van der Waals surface area contributed by atoms with Gasteiger partial charge < -0.3 is 10.1 Å². The third-order valence-electron chi connectivity index (χ3n) is 4.09. The number of nitrogens with one attached hydrogen (secondary N) is 1. The van der Waals surface area contributed by atoms with Gasteiger partial charge in [0.05, 0.1) is 6.61 Å². The van der Waals surface area contributed by atoms with Crippen molar-refractivity contribution >= 4 is 0 Å². The molecule has 1 aliphatic carbocycles. The second-order valence-corrected chi connectivity index (χ2v) is 6.63. The van der Waals surface area contributed by atoms with Gasteiger partial charge in [-0.2, -0.15) is 0 Å². The average Bonchev–Trinajstić information content (AvgIpc) is 2.53. The van der Waals surface area contributed by atoms with E-state index in [0.717, 1.165) is 37.6 Å². The van der Waals surface area contributed by atoms with Gasteiger partial charge in [-0.15, -0.1) is 0 Å². The number of hydrogen-bond donors (Lipinski definition) is 1. The molecule has 0 saturated heterocycles. The minimum absolute atomic E-state index is 0.648. The Morgan fingerprint density at radius 2 is 1.83 bits per heavy atom. The van der Waals surface area contributed by atoms with Gasteiger partial charge >= 0.3 is 0 Å². The molecule has 0 amide bonds. The van der Waals surface area contributed by atoms with Crippen molar-refractivity contribution in [2.75, 3.05) is 19.8 Å². The van der Waals surface area contributed by atoms with Crippen LogP contribution in [0.2, 0.25) is 0 Å². The fourth-order valence-electron chi connectivity index (χ4n) is 2.86. The van der Waals surface area contributed by atoms with E-state index in [1.54, 1.807) is 0 Å². The molecule has 2 nitrogen and oxygen atoms in total. The van der Waals surface area contributed by atoms with Crippen LogP contribution in [0.25, 0.3) is 0 Å². The van der Waals surface area contributed by atoms with Crippen molar-refractivity contribution < 1.29 is 4.74 Å². The Hall–Kier alpha value is -0.0800. The van der Waals surface area contributed by atoms with Crippen LogP contribution >= 0.6 is 0 Å². The Bertz CT molecular complexity index is 203. The van der Waals surface area contributed by atoms with Gasteiger partial charge in [0, 0.05) is 19.2 Å². The Morgan fingerprint density at radius 3 is 2.50 bits per heavy atom. The van der Waals surface area contributed by atoms with Gasteiger partial charge in [0.25, 0.3) is 0 Å². The molecule has 0 aliphatic heterocycles. The van der Waals surface area contributed by atoms with Crippen LogP contribution in [-0.4, -0.2) is 25.8 Å². The predicted molar refractivity (Wildman–Crippen MR) is 78.9 cm³/mol. The normalized spacial score (nSPS) is 25.7. The lowest BCUT2D eigenvalue weighted by Crippen LogP contribution is -2.31. The van der Waals surface area contributed by atoms with Crippen molar-refractivity contribution in [2.24, 2.45) is 17.8 Å². The topological polar surface area (TPSA) is 21.3 Å². The maximum atomic E-state index is 5.61. The quantitative estimate of drug-likeness (QED) is 0.551. The first kappa shape index (κ1) is 16.0. The largest absolute Gasteiger partial charge is 0.380 e. The molecule has 1 fully saturated rings. The third kappa shape index (κ3) is 6.75. The average molecular weight is 255 g/mol. The fourth-order valence-corrected chi connectivity index (χ4v) is 2.86. The van der Waals surface area contributed by atoms with E-state index >= 15 is 0 Å². The first-order chi connectivity index (χ1) is 8.59. The van der Waals surface area contributed by atoms with E-state index in [0.29, 0.717) is 5.92 Å². The lowest BCUT2D eigenvalue weighted by molar-refractivity contribution is 0.109. The molecule has 0 aromatic rings. The van der Waals surface area contributed by atoms with Gasteiger partial charge in [0.1, 0.15) is 0 Å². The fraction of sp³-hybridized carbons (Fsp3) is 1.00. The second-order valence-electron chi connectivity index (χ2n) is 6.63. The summed E-state index contributed by atoms with van der Waals surface area (Å²) in [5, 5.41) is 3.67. The summed E-state index contributed by atoms with van der Waals surface area (Å²) in [4.78, 5) is 0. The molecule has 108 valence electrons. The molecule has 1 saturated carbocycles. The Kier molecular flexibility index (Phi) is 7.92. The van der Waals surface area contributed by atoms with E-state index in [-0.39, 0.29) is 0 Å². The zero-order chi connectivity index (χ0) is 13.4. The summed E-state index contributed by atoms with van der Waals surface area (Å²) in [6.45, 7) is 11.9. The lowest BCUT2D eigenvalue weighted by atomic mass is 9.89. The van der Waals surface area contributed by atoms with Crippen molar-refractivity contribution in [1.29, 1.82) is 0 Å². The minimum atomic E-state index is 0.648. The van der Waals surface area contributed by atoms with E-state index in [1.165, 1.54) is 32.1 Å². The van der Waals surface area contributed by atoms with Gasteiger partial charge in [-0.05, 0) is 37.0 Å². The van der Waals surface area contributed by atoms with E-state index in [2.05, 4.69) is 33.0 Å². The first-order valence-electron chi connectivity index (χ1n) is 7.90. The summed E-state index contributed by atoms with van der Waals surface area (Å²) < 4.78 is 5.61. The highest BCUT2D eigenvalue weighted by Gasteiger charge is 2.20. The summed E-state index contributed by atoms with van der Waals surface area (Å²) in [5.41, 5.74) is 0. The van der Waals surface area contributed by atoms with E-state index in [9.17, 15) is 0 Å². The Labute approximate surface area is 114 Å². The van der Waals surface area contributed by atoms with Crippen LogP contribution in [0, 0.1) is 17.8 Å². The molecular weight excluding hydrogens is 222 g/mol. The molecule has 0 heterocycles. The molecule has 0 radical (unpaired) electrons. The summed E-state index contributed by atoms with van der Waals surface area (Å²) in [6.07, 6.45) is 6.94. The first-order valence-corrected chi connectivity index (χ1v) is 7.90.